The highest BCUT2D eigenvalue weighted by Gasteiger charge is 2.34. The van der Waals surface area contributed by atoms with Crippen molar-refractivity contribution in [3.63, 3.8) is 0 Å². The molecule has 1 aliphatic carbocycles. The van der Waals surface area contributed by atoms with E-state index in [9.17, 15) is 0 Å². The summed E-state index contributed by atoms with van der Waals surface area (Å²) in [6, 6.07) is 0.578. The molecule has 2 aromatic rings. The average molecular weight is 266 g/mol. The van der Waals surface area contributed by atoms with Crippen LogP contribution in [0.15, 0.2) is 5.38 Å². The Hall–Kier alpha value is -1.14. The summed E-state index contributed by atoms with van der Waals surface area (Å²) in [6.07, 6.45) is 1.23. The third kappa shape index (κ3) is 2.02. The summed E-state index contributed by atoms with van der Waals surface area (Å²) in [5.41, 5.74) is 7.95. The zero-order chi connectivity index (χ0) is 12.0. The Balaban J connectivity index is 1.94. The summed E-state index contributed by atoms with van der Waals surface area (Å²) < 4.78 is 4.23. The highest BCUT2D eigenvalue weighted by molar-refractivity contribution is 7.15. The molecule has 0 spiro atoms. The molecule has 1 fully saturated rings. The van der Waals surface area contributed by atoms with Crippen LogP contribution in [0.2, 0.25) is 0 Å². The van der Waals surface area contributed by atoms with Crippen molar-refractivity contribution in [2.24, 2.45) is 5.92 Å². The van der Waals surface area contributed by atoms with Gasteiger partial charge in [0.2, 0.25) is 0 Å². The molecular formula is C11H14N4S2. The number of nitrogens with zero attached hydrogens (tertiary/aromatic N) is 2. The Morgan fingerprint density at radius 2 is 2.29 bits per heavy atom. The molecule has 2 unspecified atom stereocenters. The van der Waals surface area contributed by atoms with E-state index in [4.69, 9.17) is 5.73 Å². The Labute approximate surface area is 108 Å². The fourth-order valence-corrected chi connectivity index (χ4v) is 3.47. The number of anilines is 2. The van der Waals surface area contributed by atoms with Gasteiger partial charge < -0.3 is 11.1 Å². The summed E-state index contributed by atoms with van der Waals surface area (Å²) >= 11 is 3.05. The lowest BCUT2D eigenvalue weighted by molar-refractivity contribution is 0.932. The molecule has 2 atom stereocenters. The minimum absolute atomic E-state index is 0.578. The minimum Gasteiger partial charge on any atom is -0.382 e. The lowest BCUT2D eigenvalue weighted by Crippen LogP contribution is -2.03. The summed E-state index contributed by atoms with van der Waals surface area (Å²) in [4.78, 5) is 4.49. The standard InChI is InChI=1S/C11H14N4S2/c1-5-3-7(5)14-11-8(9(12)15-17-11)10-13-6(2)4-16-10/h4-5,7,14H,3H2,1-2H3,(H2,12,15). The van der Waals surface area contributed by atoms with E-state index in [1.807, 2.05) is 12.3 Å². The molecule has 2 heterocycles. The number of aryl methyl sites for hydroxylation is 1. The number of nitrogens with two attached hydrogens (primary N) is 1. The first-order valence-electron chi connectivity index (χ1n) is 5.59. The number of hydrogen-bond acceptors (Lipinski definition) is 6. The molecule has 6 heteroatoms. The molecule has 4 nitrogen and oxygen atoms in total. The summed E-state index contributed by atoms with van der Waals surface area (Å²) in [7, 11) is 0. The van der Waals surface area contributed by atoms with Crippen molar-refractivity contribution in [2.45, 2.75) is 26.3 Å². The average Bonchev–Trinajstić information content (AvgIpc) is 2.68. The fraction of sp³-hybridized carbons (Fsp3) is 0.455. The van der Waals surface area contributed by atoms with Gasteiger partial charge in [-0.25, -0.2) is 4.98 Å². The van der Waals surface area contributed by atoms with E-state index in [1.165, 1.54) is 18.0 Å². The number of nitrogens with one attached hydrogen (secondary N) is 1. The third-order valence-corrected chi connectivity index (χ3v) is 4.75. The van der Waals surface area contributed by atoms with E-state index in [0.717, 1.165) is 27.2 Å². The van der Waals surface area contributed by atoms with E-state index in [0.29, 0.717) is 11.9 Å². The molecule has 0 aliphatic heterocycles. The maximum absolute atomic E-state index is 5.94. The van der Waals surface area contributed by atoms with Crippen molar-refractivity contribution in [1.29, 1.82) is 0 Å². The van der Waals surface area contributed by atoms with Crippen molar-refractivity contribution in [2.75, 3.05) is 11.1 Å². The molecule has 17 heavy (non-hydrogen) atoms. The first-order valence-corrected chi connectivity index (χ1v) is 7.24. The Kier molecular flexibility index (Phi) is 2.56. The molecule has 90 valence electrons. The van der Waals surface area contributed by atoms with Gasteiger partial charge in [-0.1, -0.05) is 6.92 Å². The van der Waals surface area contributed by atoms with Crippen LogP contribution in [0.4, 0.5) is 10.8 Å². The zero-order valence-corrected chi connectivity index (χ0v) is 11.4. The van der Waals surface area contributed by atoms with Gasteiger partial charge in [-0.05, 0) is 30.8 Å². The normalized spacial score (nSPS) is 22.7. The number of hydrogen-bond donors (Lipinski definition) is 2. The molecule has 2 aromatic heterocycles. The Morgan fingerprint density at radius 1 is 1.53 bits per heavy atom. The number of aromatic nitrogens is 2. The minimum atomic E-state index is 0.578. The molecular weight excluding hydrogens is 252 g/mol. The smallest absolute Gasteiger partial charge is 0.149 e. The summed E-state index contributed by atoms with van der Waals surface area (Å²) in [5, 5.41) is 7.57. The van der Waals surface area contributed by atoms with Crippen molar-refractivity contribution in [3.8, 4) is 10.6 Å². The van der Waals surface area contributed by atoms with Crippen LogP contribution in [0.1, 0.15) is 19.0 Å². The maximum Gasteiger partial charge on any atom is 0.149 e. The second-order valence-corrected chi connectivity index (χ2v) is 6.16. The Bertz CT molecular complexity index is 545. The van der Waals surface area contributed by atoms with E-state index in [2.05, 4.69) is 21.6 Å². The van der Waals surface area contributed by atoms with Crippen LogP contribution >= 0.6 is 22.9 Å². The van der Waals surface area contributed by atoms with Crippen LogP contribution in [0.3, 0.4) is 0 Å². The zero-order valence-electron chi connectivity index (χ0n) is 9.73. The SMILES string of the molecule is Cc1csc(-c2c(N)nsc2NC2CC2C)n1. The van der Waals surface area contributed by atoms with Gasteiger partial charge in [0.1, 0.15) is 15.8 Å². The molecule has 3 N–H and O–H groups in total. The first kappa shape index (κ1) is 11.0. The first-order chi connectivity index (χ1) is 8.15. The van der Waals surface area contributed by atoms with Crippen LogP contribution in [0.25, 0.3) is 10.6 Å². The van der Waals surface area contributed by atoms with E-state index < -0.39 is 0 Å². The fourth-order valence-electron chi connectivity index (χ4n) is 1.77. The van der Waals surface area contributed by atoms with Gasteiger partial charge in [-0.2, -0.15) is 4.37 Å². The van der Waals surface area contributed by atoms with Gasteiger partial charge in [0, 0.05) is 17.1 Å². The maximum atomic E-state index is 5.94. The molecule has 1 aliphatic rings. The highest BCUT2D eigenvalue weighted by Crippen LogP contribution is 2.42. The highest BCUT2D eigenvalue weighted by atomic mass is 32.1. The van der Waals surface area contributed by atoms with Gasteiger partial charge in [0.25, 0.3) is 0 Å². The number of nitrogen functional groups attached to an aromatic ring is 1. The molecule has 0 bridgehead atoms. The van der Waals surface area contributed by atoms with Crippen LogP contribution in [-0.4, -0.2) is 15.4 Å². The lowest BCUT2D eigenvalue weighted by Gasteiger charge is -2.03. The van der Waals surface area contributed by atoms with Crippen molar-refractivity contribution in [3.05, 3.63) is 11.1 Å². The molecule has 3 rings (SSSR count). The topological polar surface area (TPSA) is 63.8 Å². The van der Waals surface area contributed by atoms with Crippen LogP contribution in [0.5, 0.6) is 0 Å². The lowest BCUT2D eigenvalue weighted by atomic mass is 10.3. The third-order valence-electron chi connectivity index (χ3n) is 2.98. The van der Waals surface area contributed by atoms with E-state index in [1.54, 1.807) is 11.3 Å². The summed E-state index contributed by atoms with van der Waals surface area (Å²) in [5.74, 6) is 1.34. The van der Waals surface area contributed by atoms with Crippen LogP contribution < -0.4 is 11.1 Å². The largest absolute Gasteiger partial charge is 0.382 e. The van der Waals surface area contributed by atoms with Crippen molar-refractivity contribution in [1.82, 2.24) is 9.36 Å². The van der Waals surface area contributed by atoms with Crippen molar-refractivity contribution >= 4 is 33.7 Å². The molecule has 0 amide bonds. The van der Waals surface area contributed by atoms with Gasteiger partial charge in [0.15, 0.2) is 0 Å². The quantitative estimate of drug-likeness (QED) is 0.896. The van der Waals surface area contributed by atoms with Gasteiger partial charge in [0.05, 0.1) is 5.56 Å². The predicted molar refractivity (Wildman–Crippen MR) is 73.6 cm³/mol. The second-order valence-electron chi connectivity index (χ2n) is 4.53. The summed E-state index contributed by atoms with van der Waals surface area (Å²) in [6.45, 7) is 4.24. The monoisotopic (exact) mass is 266 g/mol. The second kappa shape index (κ2) is 3.96. The Morgan fingerprint density at radius 3 is 2.88 bits per heavy atom. The molecule has 0 radical (unpaired) electrons. The number of rotatable bonds is 3. The van der Waals surface area contributed by atoms with E-state index >= 15 is 0 Å². The van der Waals surface area contributed by atoms with Crippen LogP contribution in [0, 0.1) is 12.8 Å². The van der Waals surface area contributed by atoms with Gasteiger partial charge in [-0.3, -0.25) is 0 Å². The number of thiazole rings is 1. The van der Waals surface area contributed by atoms with E-state index in [-0.39, 0.29) is 0 Å². The van der Waals surface area contributed by atoms with Gasteiger partial charge in [-0.15, -0.1) is 11.3 Å². The van der Waals surface area contributed by atoms with Crippen LogP contribution in [-0.2, 0) is 0 Å². The van der Waals surface area contributed by atoms with Crippen molar-refractivity contribution < 1.29 is 0 Å². The van der Waals surface area contributed by atoms with Gasteiger partial charge >= 0.3 is 0 Å². The molecule has 0 saturated heterocycles. The molecule has 1 saturated carbocycles. The molecule has 0 aromatic carbocycles. The predicted octanol–water partition coefficient (Wildman–Crippen LogP) is 2.98.